The van der Waals surface area contributed by atoms with Crippen LogP contribution in [0.4, 0.5) is 0 Å². The number of amides is 1. The Kier molecular flexibility index (Phi) is 8.94. The summed E-state index contributed by atoms with van der Waals surface area (Å²) < 4.78 is 0. The van der Waals surface area contributed by atoms with Crippen LogP contribution in [0.5, 0.6) is 0 Å². The average molecular weight is 400 g/mol. The summed E-state index contributed by atoms with van der Waals surface area (Å²) in [5.41, 5.74) is 1.92. The van der Waals surface area contributed by atoms with E-state index in [0.717, 1.165) is 31.2 Å². The Hall–Kier alpha value is -2.10. The average Bonchev–Trinajstić information content (AvgIpc) is 2.71. The molecule has 1 unspecified atom stereocenters. The second-order valence-electron chi connectivity index (χ2n) is 8.43. The second-order valence-corrected chi connectivity index (χ2v) is 8.43. The summed E-state index contributed by atoms with van der Waals surface area (Å²) in [6.07, 6.45) is 14.4. The molecule has 29 heavy (non-hydrogen) atoms. The Balaban J connectivity index is 0.00000145. The van der Waals surface area contributed by atoms with Crippen LogP contribution in [0, 0.1) is 5.41 Å². The number of hydrogen-bond acceptors (Lipinski definition) is 2. The number of nitrogens with zero attached hydrogens (tertiary/aromatic N) is 1. The van der Waals surface area contributed by atoms with Gasteiger partial charge in [-0.05, 0) is 68.1 Å². The van der Waals surface area contributed by atoms with Crippen LogP contribution in [0.25, 0.3) is 0 Å². The van der Waals surface area contributed by atoms with Gasteiger partial charge in [0.05, 0.1) is 5.56 Å². The maximum absolute atomic E-state index is 12.4. The number of rotatable bonds is 8. The Morgan fingerprint density at radius 3 is 2.48 bits per heavy atom. The molecule has 0 spiro atoms. The standard InChI is InChI=1S/C23H31NO3.C2H6/c1-23(15-5-16-23)14-3-2-6-20-7-4-8-21(25)24(20)17-13-18-9-11-19(12-10-18)22(26)27;1-2/h2,6,9-12,20H,3-5,7-8,13-17H2,1H3,(H,26,27);1-2H3/b6-2+;. The van der Waals surface area contributed by atoms with Gasteiger partial charge in [0.2, 0.25) is 5.91 Å². The van der Waals surface area contributed by atoms with Crippen molar-refractivity contribution in [2.75, 3.05) is 6.54 Å². The SMILES string of the molecule is CC.CC1(CC/C=C/C2CCCC(=O)N2CCc2ccc(C(=O)O)cc2)CCC1. The van der Waals surface area contributed by atoms with E-state index in [1.165, 1.54) is 25.7 Å². The molecule has 0 aromatic heterocycles. The van der Waals surface area contributed by atoms with E-state index in [2.05, 4.69) is 19.1 Å². The molecule has 4 nitrogen and oxygen atoms in total. The number of benzene rings is 1. The van der Waals surface area contributed by atoms with E-state index in [1.807, 2.05) is 30.9 Å². The van der Waals surface area contributed by atoms with Crippen LogP contribution in [-0.4, -0.2) is 34.5 Å². The summed E-state index contributed by atoms with van der Waals surface area (Å²) in [6.45, 7) is 7.08. The molecule has 3 rings (SSSR count). The van der Waals surface area contributed by atoms with Gasteiger partial charge in [0, 0.05) is 19.0 Å². The molecule has 1 saturated carbocycles. The third-order valence-electron chi connectivity index (χ3n) is 6.29. The first-order valence-corrected chi connectivity index (χ1v) is 11.3. The number of carbonyl (C=O) groups excluding carboxylic acids is 1. The molecule has 1 amide bonds. The highest BCUT2D eigenvalue weighted by molar-refractivity contribution is 5.87. The van der Waals surface area contributed by atoms with Crippen LogP contribution in [0.2, 0.25) is 0 Å². The van der Waals surface area contributed by atoms with Crippen molar-refractivity contribution in [3.05, 3.63) is 47.5 Å². The lowest BCUT2D eigenvalue weighted by atomic mass is 9.68. The minimum atomic E-state index is -0.909. The van der Waals surface area contributed by atoms with Gasteiger partial charge >= 0.3 is 5.97 Å². The number of allylic oxidation sites excluding steroid dienone is 1. The van der Waals surface area contributed by atoms with Gasteiger partial charge in [0.15, 0.2) is 0 Å². The van der Waals surface area contributed by atoms with Crippen molar-refractivity contribution in [2.45, 2.75) is 84.6 Å². The molecular formula is C25H37NO3. The molecule has 160 valence electrons. The predicted octanol–water partition coefficient (Wildman–Crippen LogP) is 5.86. The molecule has 1 N–H and O–H groups in total. The fourth-order valence-electron chi connectivity index (χ4n) is 4.22. The number of carboxylic acids is 1. The number of likely N-dealkylation sites (tertiary alicyclic amines) is 1. The van der Waals surface area contributed by atoms with Crippen LogP contribution in [0.1, 0.15) is 88.1 Å². The van der Waals surface area contributed by atoms with E-state index < -0.39 is 5.97 Å². The molecule has 4 heteroatoms. The molecular weight excluding hydrogens is 362 g/mol. The van der Waals surface area contributed by atoms with E-state index in [4.69, 9.17) is 5.11 Å². The van der Waals surface area contributed by atoms with Crippen LogP contribution < -0.4 is 0 Å². The Morgan fingerprint density at radius 2 is 1.90 bits per heavy atom. The monoisotopic (exact) mass is 399 g/mol. The van der Waals surface area contributed by atoms with E-state index >= 15 is 0 Å². The van der Waals surface area contributed by atoms with Crippen molar-refractivity contribution in [1.29, 1.82) is 0 Å². The van der Waals surface area contributed by atoms with Gasteiger partial charge in [-0.25, -0.2) is 4.79 Å². The van der Waals surface area contributed by atoms with E-state index in [9.17, 15) is 9.59 Å². The van der Waals surface area contributed by atoms with E-state index in [1.54, 1.807) is 12.1 Å². The number of aromatic carboxylic acids is 1. The second kappa shape index (κ2) is 11.2. The first-order valence-electron chi connectivity index (χ1n) is 11.3. The lowest BCUT2D eigenvalue weighted by Gasteiger charge is -2.38. The van der Waals surface area contributed by atoms with Crippen LogP contribution in [-0.2, 0) is 11.2 Å². The fourth-order valence-corrected chi connectivity index (χ4v) is 4.22. The van der Waals surface area contributed by atoms with Crippen molar-refractivity contribution >= 4 is 11.9 Å². The third-order valence-corrected chi connectivity index (χ3v) is 6.29. The van der Waals surface area contributed by atoms with E-state index in [-0.39, 0.29) is 11.9 Å². The van der Waals surface area contributed by atoms with Crippen LogP contribution >= 0.6 is 0 Å². The highest BCUT2D eigenvalue weighted by Gasteiger charge is 2.30. The molecule has 1 heterocycles. The zero-order chi connectivity index (χ0) is 21.3. The Morgan fingerprint density at radius 1 is 1.21 bits per heavy atom. The maximum atomic E-state index is 12.4. The lowest BCUT2D eigenvalue weighted by Crippen LogP contribution is -2.43. The molecule has 0 radical (unpaired) electrons. The minimum Gasteiger partial charge on any atom is -0.478 e. The fraction of sp³-hybridized carbons (Fsp3) is 0.600. The predicted molar refractivity (Wildman–Crippen MR) is 118 cm³/mol. The quantitative estimate of drug-likeness (QED) is 0.557. The molecule has 1 aliphatic heterocycles. The largest absolute Gasteiger partial charge is 0.478 e. The van der Waals surface area contributed by atoms with Crippen molar-refractivity contribution in [2.24, 2.45) is 5.41 Å². The van der Waals surface area contributed by atoms with Gasteiger partial charge in [-0.2, -0.15) is 0 Å². The van der Waals surface area contributed by atoms with Crippen molar-refractivity contribution in [1.82, 2.24) is 4.90 Å². The molecule has 1 aromatic rings. The first-order chi connectivity index (χ1) is 14.0. The number of carbonyl (C=O) groups is 2. The van der Waals surface area contributed by atoms with Gasteiger partial charge in [0.1, 0.15) is 0 Å². The molecule has 1 atom stereocenters. The summed E-state index contributed by atoms with van der Waals surface area (Å²) in [4.78, 5) is 25.4. The van der Waals surface area contributed by atoms with Crippen molar-refractivity contribution in [3.8, 4) is 0 Å². The van der Waals surface area contributed by atoms with Gasteiger partial charge < -0.3 is 10.0 Å². The summed E-state index contributed by atoms with van der Waals surface area (Å²) in [5.74, 6) is -0.669. The Labute approximate surface area is 176 Å². The number of hydrogen-bond donors (Lipinski definition) is 1. The summed E-state index contributed by atoms with van der Waals surface area (Å²) in [6, 6.07) is 7.17. The lowest BCUT2D eigenvalue weighted by molar-refractivity contribution is -0.135. The first kappa shape index (κ1) is 23.2. The highest BCUT2D eigenvalue weighted by Crippen LogP contribution is 2.44. The normalized spacial score (nSPS) is 20.7. The number of carboxylic acid groups (broad SMARTS) is 1. The van der Waals surface area contributed by atoms with Crippen molar-refractivity contribution in [3.63, 3.8) is 0 Å². The number of piperidine rings is 1. The van der Waals surface area contributed by atoms with Gasteiger partial charge in [-0.1, -0.05) is 51.5 Å². The third kappa shape index (κ3) is 6.73. The summed E-state index contributed by atoms with van der Waals surface area (Å²) in [7, 11) is 0. The molecule has 2 fully saturated rings. The van der Waals surface area contributed by atoms with Gasteiger partial charge in [-0.15, -0.1) is 0 Å². The smallest absolute Gasteiger partial charge is 0.335 e. The van der Waals surface area contributed by atoms with Gasteiger partial charge in [-0.3, -0.25) is 4.79 Å². The van der Waals surface area contributed by atoms with Crippen LogP contribution in [0.3, 0.4) is 0 Å². The van der Waals surface area contributed by atoms with E-state index in [0.29, 0.717) is 23.9 Å². The summed E-state index contributed by atoms with van der Waals surface area (Å²) in [5, 5.41) is 8.99. The Bertz CT molecular complexity index is 689. The summed E-state index contributed by atoms with van der Waals surface area (Å²) >= 11 is 0. The molecule has 1 aromatic carbocycles. The van der Waals surface area contributed by atoms with Gasteiger partial charge in [0.25, 0.3) is 0 Å². The van der Waals surface area contributed by atoms with Crippen molar-refractivity contribution < 1.29 is 14.7 Å². The molecule has 1 saturated heterocycles. The van der Waals surface area contributed by atoms with Crippen LogP contribution in [0.15, 0.2) is 36.4 Å². The highest BCUT2D eigenvalue weighted by atomic mass is 16.4. The maximum Gasteiger partial charge on any atom is 0.335 e. The molecule has 2 aliphatic rings. The zero-order valence-corrected chi connectivity index (χ0v) is 18.3. The molecule has 1 aliphatic carbocycles. The topological polar surface area (TPSA) is 57.6 Å². The molecule has 0 bridgehead atoms. The zero-order valence-electron chi connectivity index (χ0n) is 18.3. The minimum absolute atomic E-state index is 0.207.